The zero-order valence-corrected chi connectivity index (χ0v) is 15.1. The Morgan fingerprint density at radius 2 is 1.87 bits per heavy atom. The van der Waals surface area contributed by atoms with Crippen LogP contribution in [0.15, 0.2) is 0 Å². The van der Waals surface area contributed by atoms with E-state index in [2.05, 4.69) is 27.9 Å². The van der Waals surface area contributed by atoms with Crippen LogP contribution >= 0.6 is 22.6 Å². The van der Waals surface area contributed by atoms with E-state index >= 15 is 0 Å². The van der Waals surface area contributed by atoms with Crippen molar-refractivity contribution in [2.75, 3.05) is 7.11 Å². The number of amides is 1. The molecule has 2 unspecified atom stereocenters. The van der Waals surface area contributed by atoms with E-state index in [0.29, 0.717) is 0 Å². The number of hydrogen-bond donors (Lipinski definition) is 1. The molecule has 1 amide bonds. The molecule has 0 rings (SSSR count). The van der Waals surface area contributed by atoms with E-state index in [-0.39, 0.29) is 29.6 Å². The zero-order chi connectivity index (χ0) is 11.4. The zero-order valence-electron chi connectivity index (χ0n) is 9.96. The van der Waals surface area contributed by atoms with Gasteiger partial charge in [0.1, 0.15) is 9.71 Å². The fourth-order valence-electron chi connectivity index (χ4n) is 0.763. The normalized spacial score (nSPS) is 14.8. The molecule has 0 aliphatic carbocycles. The summed E-state index contributed by atoms with van der Waals surface area (Å²) in [6.07, 6.45) is -0.413. The summed E-state index contributed by atoms with van der Waals surface area (Å²) in [6.45, 7) is 7.35. The molecule has 1 N–H and O–H groups in total. The van der Waals surface area contributed by atoms with Crippen LogP contribution in [0.1, 0.15) is 27.7 Å². The minimum atomic E-state index is -0.461. The fraction of sp³-hybridized carbons (Fsp3) is 0.889. The minimum absolute atomic E-state index is 0. The van der Waals surface area contributed by atoms with Crippen LogP contribution in [0.4, 0.5) is 4.79 Å². The van der Waals surface area contributed by atoms with Crippen LogP contribution in [-0.2, 0) is 29.0 Å². The Hall–Kier alpha value is 0.583. The first-order valence-electron chi connectivity index (χ1n) is 4.42. The second-order valence-corrected chi connectivity index (χ2v) is 5.25. The van der Waals surface area contributed by atoms with E-state index in [9.17, 15) is 4.79 Å². The molecular weight excluding hydrogens is 362 g/mol. The van der Waals surface area contributed by atoms with Crippen molar-refractivity contribution in [1.82, 2.24) is 5.32 Å². The van der Waals surface area contributed by atoms with Crippen LogP contribution in [0.5, 0.6) is 0 Å². The smallest absolute Gasteiger partial charge is 0.407 e. The molecule has 0 aromatic heterocycles. The molecule has 0 aromatic carbocycles. The first-order valence-corrected chi connectivity index (χ1v) is 5.67. The van der Waals surface area contributed by atoms with Gasteiger partial charge in [0, 0.05) is 26.6 Å². The average Bonchev–Trinajstić information content (AvgIpc) is 1.99. The van der Waals surface area contributed by atoms with E-state index in [1.165, 1.54) is 0 Å². The van der Waals surface area contributed by atoms with E-state index in [1.807, 2.05) is 27.7 Å². The molecule has 0 saturated heterocycles. The SMILES string of the molecule is COC(I)C(C)NC(=O)OC(C)(C)C.[Zn]. The number of methoxy groups -OCH3 is 1. The van der Waals surface area contributed by atoms with Crippen molar-refractivity contribution in [3.05, 3.63) is 0 Å². The summed E-state index contributed by atoms with van der Waals surface area (Å²) in [5.74, 6) is 0. The maximum atomic E-state index is 11.3. The third-order valence-corrected chi connectivity index (χ3v) is 2.95. The van der Waals surface area contributed by atoms with Crippen LogP contribution in [0.3, 0.4) is 0 Å². The molecule has 4 nitrogen and oxygen atoms in total. The molecule has 0 saturated carbocycles. The monoisotopic (exact) mass is 379 g/mol. The number of carbonyl (C=O) groups excluding carboxylic acids is 1. The summed E-state index contributed by atoms with van der Waals surface area (Å²) in [6, 6.07) is -0.0737. The molecule has 15 heavy (non-hydrogen) atoms. The van der Waals surface area contributed by atoms with Gasteiger partial charge < -0.3 is 14.8 Å². The minimum Gasteiger partial charge on any atom is -0.444 e. The van der Waals surface area contributed by atoms with Crippen LogP contribution < -0.4 is 5.32 Å². The molecule has 0 fully saturated rings. The van der Waals surface area contributed by atoms with Crippen molar-refractivity contribution in [3.8, 4) is 0 Å². The van der Waals surface area contributed by atoms with Crippen molar-refractivity contribution in [2.45, 2.75) is 43.4 Å². The Labute approximate surface area is 118 Å². The van der Waals surface area contributed by atoms with Crippen molar-refractivity contribution in [2.24, 2.45) is 0 Å². The van der Waals surface area contributed by atoms with Gasteiger partial charge in [-0.3, -0.25) is 0 Å². The van der Waals surface area contributed by atoms with Gasteiger partial charge in [-0.1, -0.05) is 0 Å². The number of halogens is 1. The molecule has 0 spiro atoms. The third-order valence-electron chi connectivity index (χ3n) is 1.36. The van der Waals surface area contributed by atoms with E-state index in [0.717, 1.165) is 0 Å². The molecule has 0 radical (unpaired) electrons. The maximum absolute atomic E-state index is 11.3. The number of hydrogen-bond acceptors (Lipinski definition) is 3. The van der Waals surface area contributed by atoms with E-state index in [4.69, 9.17) is 9.47 Å². The Morgan fingerprint density at radius 3 is 2.20 bits per heavy atom. The van der Waals surface area contributed by atoms with Gasteiger partial charge in [-0.25, -0.2) is 4.79 Å². The summed E-state index contributed by atoms with van der Waals surface area (Å²) in [7, 11) is 1.60. The van der Waals surface area contributed by atoms with E-state index < -0.39 is 11.7 Å². The van der Waals surface area contributed by atoms with Gasteiger partial charge in [0.2, 0.25) is 0 Å². The fourth-order valence-corrected chi connectivity index (χ4v) is 0.943. The van der Waals surface area contributed by atoms with Crippen molar-refractivity contribution in [1.29, 1.82) is 0 Å². The van der Waals surface area contributed by atoms with Gasteiger partial charge in [-0.2, -0.15) is 0 Å². The average molecular weight is 381 g/mol. The summed E-state index contributed by atoms with van der Waals surface area (Å²) >= 11 is 2.11. The topological polar surface area (TPSA) is 47.6 Å². The Bertz CT molecular complexity index is 196. The van der Waals surface area contributed by atoms with Crippen molar-refractivity contribution < 1.29 is 33.7 Å². The first-order chi connectivity index (χ1) is 6.26. The van der Waals surface area contributed by atoms with Crippen molar-refractivity contribution >= 4 is 28.7 Å². The molecule has 0 bridgehead atoms. The number of alkyl halides is 1. The first kappa shape index (κ1) is 18.0. The van der Waals surface area contributed by atoms with Crippen molar-refractivity contribution in [3.63, 3.8) is 0 Å². The van der Waals surface area contributed by atoms with E-state index in [1.54, 1.807) is 7.11 Å². The summed E-state index contributed by atoms with van der Waals surface area (Å²) in [5, 5.41) is 2.69. The summed E-state index contributed by atoms with van der Waals surface area (Å²) in [4.78, 5) is 11.3. The van der Waals surface area contributed by atoms with Crippen LogP contribution in [0.25, 0.3) is 0 Å². The van der Waals surface area contributed by atoms with Gasteiger partial charge in [0.15, 0.2) is 0 Å². The second-order valence-electron chi connectivity index (χ2n) is 4.02. The van der Waals surface area contributed by atoms with Gasteiger partial charge in [0.25, 0.3) is 0 Å². The molecule has 0 aromatic rings. The number of ether oxygens (including phenoxy) is 2. The summed E-state index contributed by atoms with van der Waals surface area (Å²) in [5.41, 5.74) is -0.461. The number of carbonyl (C=O) groups is 1. The molecule has 6 heteroatoms. The Morgan fingerprint density at radius 1 is 1.40 bits per heavy atom. The van der Waals surface area contributed by atoms with Crippen LogP contribution in [0.2, 0.25) is 0 Å². The van der Waals surface area contributed by atoms with Crippen LogP contribution in [0, 0.1) is 0 Å². The molecule has 86 valence electrons. The second kappa shape index (κ2) is 7.79. The molecule has 0 aliphatic rings. The predicted molar refractivity (Wildman–Crippen MR) is 63.6 cm³/mol. The third kappa shape index (κ3) is 9.51. The largest absolute Gasteiger partial charge is 0.444 e. The molecule has 0 heterocycles. The molecule has 2 atom stereocenters. The molecule has 0 aliphatic heterocycles. The number of rotatable bonds is 3. The number of alkyl carbamates (subject to hydrolysis) is 1. The maximum Gasteiger partial charge on any atom is 0.407 e. The Kier molecular flexibility index (Phi) is 9.33. The van der Waals surface area contributed by atoms with Gasteiger partial charge in [-0.05, 0) is 50.3 Å². The number of nitrogens with one attached hydrogen (secondary N) is 1. The van der Waals surface area contributed by atoms with Gasteiger partial charge in [-0.15, -0.1) is 0 Å². The van der Waals surface area contributed by atoms with Crippen LogP contribution in [-0.4, -0.2) is 29.0 Å². The van der Waals surface area contributed by atoms with Gasteiger partial charge in [0.05, 0.1) is 6.04 Å². The predicted octanol–water partition coefficient (Wildman–Crippen LogP) is 2.30. The standard InChI is InChI=1S/C9H18INO3.Zn/c1-6(7(10)13-5)11-8(12)14-9(2,3)4;/h6-7H,1-5H3,(H,11,12);. The summed E-state index contributed by atoms with van der Waals surface area (Å²) < 4.78 is 10.1. The van der Waals surface area contributed by atoms with Gasteiger partial charge >= 0.3 is 6.09 Å². The molecular formula is C9H18INO3Zn. The Balaban J connectivity index is 0. The quantitative estimate of drug-likeness (QED) is 0.464.